The largest absolute Gasteiger partial charge is 0.480 e. The molecule has 1 saturated heterocycles. The van der Waals surface area contributed by atoms with E-state index in [1.54, 1.807) is 12.1 Å². The number of nitrogens with zero attached hydrogens (tertiary/aromatic N) is 1. The van der Waals surface area contributed by atoms with Gasteiger partial charge in [0.05, 0.1) is 6.10 Å². The molecule has 6 heteroatoms. The summed E-state index contributed by atoms with van der Waals surface area (Å²) in [6.45, 7) is 12.2. The first-order valence-corrected chi connectivity index (χ1v) is 14.2. The summed E-state index contributed by atoms with van der Waals surface area (Å²) in [6, 6.07) is 6.37. The van der Waals surface area contributed by atoms with Crippen molar-refractivity contribution in [3.63, 3.8) is 0 Å². The highest BCUT2D eigenvalue weighted by Crippen LogP contribution is 2.43. The van der Waals surface area contributed by atoms with Gasteiger partial charge >= 0.3 is 5.97 Å². The number of aliphatic carboxylic acids is 1. The van der Waals surface area contributed by atoms with Gasteiger partial charge in [0.1, 0.15) is 11.9 Å². The van der Waals surface area contributed by atoms with Crippen molar-refractivity contribution in [3.05, 3.63) is 35.6 Å². The zero-order valence-electron chi connectivity index (χ0n) is 19.7. The number of rotatable bonds is 8. The van der Waals surface area contributed by atoms with Crippen molar-refractivity contribution in [3.8, 4) is 0 Å². The van der Waals surface area contributed by atoms with Crippen LogP contribution in [0.25, 0.3) is 0 Å². The Kier molecular flexibility index (Phi) is 7.98. The fourth-order valence-electron chi connectivity index (χ4n) is 5.64. The van der Waals surface area contributed by atoms with E-state index in [4.69, 9.17) is 4.43 Å². The second-order valence-corrected chi connectivity index (χ2v) is 12.9. The van der Waals surface area contributed by atoms with Crippen LogP contribution in [0.15, 0.2) is 24.3 Å². The normalized spacial score (nSPS) is 25.3. The lowest BCUT2D eigenvalue weighted by molar-refractivity contribution is -0.143. The SMILES string of the molecule is C[Si](C)O[C@H](C1CN(C(CC2CCCC2)C(=O)O)CC1c1cccc(F)c1)C(C)(C)C. The fourth-order valence-corrected chi connectivity index (χ4v) is 6.68. The monoisotopic (exact) mass is 448 g/mol. The molecule has 1 aromatic rings. The maximum absolute atomic E-state index is 14.1. The van der Waals surface area contributed by atoms with Gasteiger partial charge in [-0.3, -0.25) is 9.69 Å². The van der Waals surface area contributed by atoms with Gasteiger partial charge in [-0.05, 0) is 48.5 Å². The van der Waals surface area contributed by atoms with Crippen molar-refractivity contribution in [2.24, 2.45) is 17.3 Å². The Bertz CT molecular complexity index is 745. The van der Waals surface area contributed by atoms with Crippen molar-refractivity contribution >= 4 is 15.0 Å². The molecule has 4 atom stereocenters. The fraction of sp³-hybridized carbons (Fsp3) is 0.720. The first-order valence-electron chi connectivity index (χ1n) is 11.8. The second-order valence-electron chi connectivity index (χ2n) is 10.8. The Morgan fingerprint density at radius 1 is 1.26 bits per heavy atom. The van der Waals surface area contributed by atoms with E-state index in [0.29, 0.717) is 19.0 Å². The van der Waals surface area contributed by atoms with E-state index in [-0.39, 0.29) is 29.2 Å². The summed E-state index contributed by atoms with van der Waals surface area (Å²) in [5.41, 5.74) is 0.870. The number of carboxylic acid groups (broad SMARTS) is 1. The van der Waals surface area contributed by atoms with Gasteiger partial charge in [0.2, 0.25) is 9.04 Å². The first-order chi connectivity index (χ1) is 14.6. The second kappa shape index (κ2) is 10.1. The van der Waals surface area contributed by atoms with Gasteiger partial charge in [-0.2, -0.15) is 0 Å². The lowest BCUT2D eigenvalue weighted by Crippen LogP contribution is -2.44. The summed E-state index contributed by atoms with van der Waals surface area (Å²) in [7, 11) is -0.945. The van der Waals surface area contributed by atoms with E-state index >= 15 is 0 Å². The third-order valence-corrected chi connectivity index (χ3v) is 7.76. The Morgan fingerprint density at radius 3 is 2.48 bits per heavy atom. The molecule has 0 bridgehead atoms. The highest BCUT2D eigenvalue weighted by molar-refractivity contribution is 6.48. The van der Waals surface area contributed by atoms with Crippen LogP contribution in [0.4, 0.5) is 4.39 Å². The number of hydrogen-bond acceptors (Lipinski definition) is 3. The molecule has 0 amide bonds. The molecule has 31 heavy (non-hydrogen) atoms. The molecule has 3 unspecified atom stereocenters. The minimum absolute atomic E-state index is 0.00409. The average Bonchev–Trinajstić information content (AvgIpc) is 3.32. The van der Waals surface area contributed by atoms with Crippen LogP contribution in [-0.2, 0) is 9.22 Å². The van der Waals surface area contributed by atoms with Gasteiger partial charge in [0.15, 0.2) is 0 Å². The number of halogens is 1. The third kappa shape index (κ3) is 6.17. The van der Waals surface area contributed by atoms with Crippen LogP contribution >= 0.6 is 0 Å². The van der Waals surface area contributed by atoms with Gasteiger partial charge in [0, 0.05) is 24.9 Å². The molecule has 1 N–H and O–H groups in total. The zero-order valence-corrected chi connectivity index (χ0v) is 20.7. The van der Waals surface area contributed by atoms with Gasteiger partial charge in [-0.15, -0.1) is 0 Å². The van der Waals surface area contributed by atoms with Crippen molar-refractivity contribution in [2.45, 2.75) is 84.0 Å². The molecule has 4 nitrogen and oxygen atoms in total. The van der Waals surface area contributed by atoms with Crippen molar-refractivity contribution in [1.82, 2.24) is 4.90 Å². The standard InChI is InChI=1S/C25H39FNO3Si/c1-25(2,3)23(30-31(4)5)21-16-27(15-20(21)18-11-8-12-19(26)14-18)22(24(28)29)13-17-9-6-7-10-17/h8,11-12,14,17,20-23H,6-7,9-10,13,15-16H2,1-5H3,(H,28,29)/t20?,21?,22?,23-/m1/s1. The van der Waals surface area contributed by atoms with Crippen molar-refractivity contribution < 1.29 is 18.7 Å². The average molecular weight is 449 g/mol. The lowest BCUT2D eigenvalue weighted by Gasteiger charge is -2.39. The molecule has 1 saturated carbocycles. The molecule has 1 aliphatic heterocycles. The Labute approximate surface area is 188 Å². The molecule has 173 valence electrons. The van der Waals surface area contributed by atoms with Crippen molar-refractivity contribution in [2.75, 3.05) is 13.1 Å². The number of hydrogen-bond donors (Lipinski definition) is 1. The van der Waals surface area contributed by atoms with E-state index in [1.807, 2.05) is 6.07 Å². The molecule has 1 radical (unpaired) electrons. The number of carboxylic acids is 1. The quantitative estimate of drug-likeness (QED) is 0.529. The van der Waals surface area contributed by atoms with Crippen LogP contribution in [0.5, 0.6) is 0 Å². The summed E-state index contributed by atoms with van der Waals surface area (Å²) in [5.74, 6) is -0.267. The highest BCUT2D eigenvalue weighted by Gasteiger charge is 2.47. The first kappa shape index (κ1) is 24.4. The van der Waals surface area contributed by atoms with Crippen molar-refractivity contribution in [1.29, 1.82) is 0 Å². The van der Waals surface area contributed by atoms with E-state index in [9.17, 15) is 14.3 Å². The van der Waals surface area contributed by atoms with Crippen LogP contribution in [0.3, 0.4) is 0 Å². The minimum Gasteiger partial charge on any atom is -0.480 e. The summed E-state index contributed by atoms with van der Waals surface area (Å²) < 4.78 is 20.7. The number of carbonyl (C=O) groups is 1. The van der Waals surface area contributed by atoms with Crippen LogP contribution in [0.1, 0.15) is 64.4 Å². The van der Waals surface area contributed by atoms with E-state index in [2.05, 4.69) is 38.8 Å². The molecule has 0 spiro atoms. The molecule has 3 rings (SSSR count). The maximum Gasteiger partial charge on any atom is 0.320 e. The predicted molar refractivity (Wildman–Crippen MR) is 124 cm³/mol. The Morgan fingerprint density at radius 2 is 1.94 bits per heavy atom. The maximum atomic E-state index is 14.1. The summed E-state index contributed by atoms with van der Waals surface area (Å²) in [4.78, 5) is 14.4. The van der Waals surface area contributed by atoms with E-state index < -0.39 is 21.1 Å². The Hall–Kier alpha value is -1.24. The van der Waals surface area contributed by atoms with Gasteiger partial charge < -0.3 is 9.53 Å². The smallest absolute Gasteiger partial charge is 0.320 e. The zero-order chi connectivity index (χ0) is 22.8. The van der Waals surface area contributed by atoms with Crippen LogP contribution in [0.2, 0.25) is 13.1 Å². The topological polar surface area (TPSA) is 49.8 Å². The van der Waals surface area contributed by atoms with Crippen LogP contribution in [0, 0.1) is 23.1 Å². The van der Waals surface area contributed by atoms with Gasteiger partial charge in [0.25, 0.3) is 0 Å². The summed E-state index contributed by atoms with van der Waals surface area (Å²) in [5, 5.41) is 10.1. The summed E-state index contributed by atoms with van der Waals surface area (Å²) in [6.07, 6.45) is 5.41. The predicted octanol–water partition coefficient (Wildman–Crippen LogP) is 5.56. The lowest BCUT2D eigenvalue weighted by atomic mass is 9.75. The molecular weight excluding hydrogens is 409 g/mol. The number of benzene rings is 1. The minimum atomic E-state index is -0.945. The number of likely N-dealkylation sites (tertiary alicyclic amines) is 1. The van der Waals surface area contributed by atoms with E-state index in [0.717, 1.165) is 24.8 Å². The molecular formula is C25H39FNO3Si. The highest BCUT2D eigenvalue weighted by atomic mass is 28.3. The summed E-state index contributed by atoms with van der Waals surface area (Å²) >= 11 is 0. The van der Waals surface area contributed by atoms with Gasteiger partial charge in [-0.25, -0.2) is 4.39 Å². The van der Waals surface area contributed by atoms with Crippen LogP contribution in [-0.4, -0.2) is 50.3 Å². The van der Waals surface area contributed by atoms with Gasteiger partial charge in [-0.1, -0.05) is 58.6 Å². The molecule has 2 aliphatic rings. The molecule has 0 aromatic heterocycles. The molecule has 1 heterocycles. The third-order valence-electron chi connectivity index (χ3n) is 7.03. The van der Waals surface area contributed by atoms with E-state index in [1.165, 1.54) is 18.9 Å². The molecule has 1 aromatic carbocycles. The Balaban J connectivity index is 1.92. The van der Waals surface area contributed by atoms with Crippen LogP contribution < -0.4 is 0 Å². The molecule has 1 aliphatic carbocycles. The molecule has 2 fully saturated rings.